The summed E-state index contributed by atoms with van der Waals surface area (Å²) in [6.07, 6.45) is 0.730. The molecule has 1 aliphatic carbocycles. The highest BCUT2D eigenvalue weighted by molar-refractivity contribution is 5.95. The van der Waals surface area contributed by atoms with Gasteiger partial charge in [0, 0.05) is 42.7 Å². The molecule has 0 radical (unpaired) electrons. The number of halogens is 3. The number of hydrogen-bond donors (Lipinski definition) is 1. The second-order valence-corrected chi connectivity index (χ2v) is 7.49. The molecule has 2 aliphatic rings. The van der Waals surface area contributed by atoms with Crippen molar-refractivity contribution in [3.05, 3.63) is 59.7 Å². The molecule has 1 atom stereocenters. The molecule has 1 saturated carbocycles. The molecule has 3 heterocycles. The Labute approximate surface area is 153 Å². The first-order chi connectivity index (χ1) is 12.8. The van der Waals surface area contributed by atoms with E-state index in [1.165, 1.54) is 6.07 Å². The molecule has 2 aromatic heterocycles. The number of carbonyl (C=O) groups excluding carboxylic acids is 1. The highest BCUT2D eigenvalue weighted by atomic mass is 19.4. The van der Waals surface area contributed by atoms with Crippen molar-refractivity contribution in [1.82, 2.24) is 14.9 Å². The van der Waals surface area contributed by atoms with Crippen molar-refractivity contribution in [3.63, 3.8) is 0 Å². The molecule has 4 rings (SSSR count). The second kappa shape index (κ2) is 6.30. The fourth-order valence-corrected chi connectivity index (χ4v) is 4.17. The lowest BCUT2D eigenvalue weighted by atomic mass is 9.56. The number of alkyl halides is 3. The number of likely N-dealkylation sites (tertiary alicyclic amines) is 1. The smallest absolute Gasteiger partial charge is 0.388 e. The van der Waals surface area contributed by atoms with E-state index in [0.717, 1.165) is 30.7 Å². The minimum Gasteiger partial charge on any atom is -0.388 e. The first-order valence-electron chi connectivity index (χ1n) is 8.68. The van der Waals surface area contributed by atoms with Gasteiger partial charge in [-0.15, -0.1) is 0 Å². The average molecular weight is 377 g/mol. The lowest BCUT2D eigenvalue weighted by Crippen LogP contribution is -2.64. The highest BCUT2D eigenvalue weighted by Crippen LogP contribution is 2.55. The van der Waals surface area contributed by atoms with Gasteiger partial charge in [-0.05, 0) is 42.5 Å². The third-order valence-electron chi connectivity index (χ3n) is 5.50. The van der Waals surface area contributed by atoms with Gasteiger partial charge in [-0.1, -0.05) is 6.07 Å². The van der Waals surface area contributed by atoms with Crippen molar-refractivity contribution in [2.45, 2.75) is 25.1 Å². The van der Waals surface area contributed by atoms with Gasteiger partial charge in [0.05, 0.1) is 6.10 Å². The normalized spacial score (nSPS) is 20.1. The maximum absolute atomic E-state index is 12.8. The van der Waals surface area contributed by atoms with E-state index in [4.69, 9.17) is 0 Å². The van der Waals surface area contributed by atoms with Gasteiger partial charge in [-0.3, -0.25) is 14.8 Å². The van der Waals surface area contributed by atoms with E-state index in [0.29, 0.717) is 13.1 Å². The van der Waals surface area contributed by atoms with Gasteiger partial charge in [0.25, 0.3) is 5.91 Å². The van der Waals surface area contributed by atoms with Crippen molar-refractivity contribution in [2.24, 2.45) is 11.3 Å². The molecule has 8 heteroatoms. The van der Waals surface area contributed by atoms with Crippen LogP contribution in [0.2, 0.25) is 0 Å². The molecule has 1 unspecified atom stereocenters. The Balaban J connectivity index is 1.35. The van der Waals surface area contributed by atoms with Gasteiger partial charge < -0.3 is 10.0 Å². The van der Waals surface area contributed by atoms with E-state index in [-0.39, 0.29) is 16.9 Å². The summed E-state index contributed by atoms with van der Waals surface area (Å²) in [5, 5.41) is 10.4. The first kappa shape index (κ1) is 17.9. The van der Waals surface area contributed by atoms with Gasteiger partial charge in [-0.25, -0.2) is 0 Å². The van der Waals surface area contributed by atoms with Crippen molar-refractivity contribution >= 4 is 5.91 Å². The third kappa shape index (κ3) is 3.29. The van der Waals surface area contributed by atoms with Crippen LogP contribution in [0.25, 0.3) is 0 Å². The largest absolute Gasteiger partial charge is 0.433 e. The number of aliphatic hydroxyl groups excluding tert-OH is 1. The van der Waals surface area contributed by atoms with Crippen LogP contribution in [0.5, 0.6) is 0 Å². The summed E-state index contributed by atoms with van der Waals surface area (Å²) < 4.78 is 38.3. The zero-order valence-electron chi connectivity index (χ0n) is 14.4. The van der Waals surface area contributed by atoms with E-state index in [1.807, 2.05) is 6.07 Å². The quantitative estimate of drug-likeness (QED) is 0.893. The molecule has 0 bridgehead atoms. The summed E-state index contributed by atoms with van der Waals surface area (Å²) in [5.74, 6) is -0.297. The Morgan fingerprint density at radius 2 is 2.00 bits per heavy atom. The molecule has 1 spiro atoms. The zero-order chi connectivity index (χ0) is 19.2. The summed E-state index contributed by atoms with van der Waals surface area (Å²) in [6.45, 7) is 1.01. The second-order valence-electron chi connectivity index (χ2n) is 7.49. The van der Waals surface area contributed by atoms with E-state index in [1.54, 1.807) is 23.4 Å². The Kier molecular flexibility index (Phi) is 4.18. The van der Waals surface area contributed by atoms with E-state index >= 15 is 0 Å². The maximum Gasteiger partial charge on any atom is 0.433 e. The van der Waals surface area contributed by atoms with Crippen molar-refractivity contribution in [1.29, 1.82) is 0 Å². The third-order valence-corrected chi connectivity index (χ3v) is 5.50. The maximum atomic E-state index is 12.8. The molecule has 1 saturated heterocycles. The fraction of sp³-hybridized carbons (Fsp3) is 0.421. The summed E-state index contributed by atoms with van der Waals surface area (Å²) in [4.78, 5) is 21.3. The summed E-state index contributed by atoms with van der Waals surface area (Å²) in [6, 6.07) is 5.71. The first-order valence-corrected chi connectivity index (χ1v) is 8.68. The molecule has 1 amide bonds. The van der Waals surface area contributed by atoms with Crippen LogP contribution >= 0.6 is 0 Å². The van der Waals surface area contributed by atoms with Crippen molar-refractivity contribution < 1.29 is 23.1 Å². The van der Waals surface area contributed by atoms with Gasteiger partial charge >= 0.3 is 6.18 Å². The van der Waals surface area contributed by atoms with E-state index < -0.39 is 23.9 Å². The van der Waals surface area contributed by atoms with Crippen LogP contribution in [0.4, 0.5) is 13.2 Å². The standard InChI is InChI=1S/C19H18F3N3O2/c20-19(21,22)15-6-12(3-5-24-15)17(27)25-10-18(11-25)7-14(8-18)16(26)13-2-1-4-23-9-13/h1-6,9,14,16,26H,7-8,10-11H2. The predicted molar refractivity (Wildman–Crippen MR) is 89.5 cm³/mol. The predicted octanol–water partition coefficient (Wildman–Crippen LogP) is 3.08. The molecule has 27 heavy (non-hydrogen) atoms. The van der Waals surface area contributed by atoms with Gasteiger partial charge in [0.2, 0.25) is 0 Å². The highest BCUT2D eigenvalue weighted by Gasteiger charge is 2.55. The molecular formula is C19H18F3N3O2. The number of hydrogen-bond acceptors (Lipinski definition) is 4. The van der Waals surface area contributed by atoms with Crippen molar-refractivity contribution in [2.75, 3.05) is 13.1 Å². The summed E-state index contributed by atoms with van der Waals surface area (Å²) in [5.41, 5.74) is -0.310. The number of amides is 1. The molecule has 2 fully saturated rings. The van der Waals surface area contributed by atoms with Crippen LogP contribution in [0.15, 0.2) is 42.9 Å². The molecule has 1 aliphatic heterocycles. The zero-order valence-corrected chi connectivity index (χ0v) is 14.4. The number of carbonyl (C=O) groups is 1. The van der Waals surface area contributed by atoms with E-state index in [9.17, 15) is 23.1 Å². The minimum atomic E-state index is -4.57. The molecule has 0 aromatic carbocycles. The molecule has 2 aromatic rings. The van der Waals surface area contributed by atoms with Crippen LogP contribution in [0.1, 0.15) is 40.6 Å². The topological polar surface area (TPSA) is 66.3 Å². The number of aromatic nitrogens is 2. The van der Waals surface area contributed by atoms with Gasteiger partial charge in [0.15, 0.2) is 0 Å². The van der Waals surface area contributed by atoms with Crippen LogP contribution in [0, 0.1) is 11.3 Å². The van der Waals surface area contributed by atoms with Crippen LogP contribution in [-0.4, -0.2) is 39.0 Å². The van der Waals surface area contributed by atoms with Crippen LogP contribution in [0.3, 0.4) is 0 Å². The molecule has 1 N–H and O–H groups in total. The van der Waals surface area contributed by atoms with Crippen molar-refractivity contribution in [3.8, 4) is 0 Å². The summed E-state index contributed by atoms with van der Waals surface area (Å²) >= 11 is 0. The number of rotatable bonds is 3. The fourth-order valence-electron chi connectivity index (χ4n) is 4.17. The van der Waals surface area contributed by atoms with Gasteiger partial charge in [0.1, 0.15) is 5.69 Å². The van der Waals surface area contributed by atoms with Crippen LogP contribution in [-0.2, 0) is 6.18 Å². The molecular weight excluding hydrogens is 359 g/mol. The molecule has 142 valence electrons. The summed E-state index contributed by atoms with van der Waals surface area (Å²) in [7, 11) is 0. The number of nitrogens with zero attached hydrogens (tertiary/aromatic N) is 3. The Morgan fingerprint density at radius 3 is 2.63 bits per heavy atom. The lowest BCUT2D eigenvalue weighted by molar-refractivity contribution is -0.141. The van der Waals surface area contributed by atoms with Gasteiger partial charge in [-0.2, -0.15) is 13.2 Å². The average Bonchev–Trinajstić information content (AvgIpc) is 2.59. The SMILES string of the molecule is O=C(c1ccnc(C(F)(F)F)c1)N1CC2(CC(C(O)c3cccnc3)C2)C1. The van der Waals surface area contributed by atoms with Crippen LogP contribution < -0.4 is 0 Å². The Hall–Kier alpha value is -2.48. The monoisotopic (exact) mass is 377 g/mol. The van der Waals surface area contributed by atoms with E-state index in [2.05, 4.69) is 9.97 Å². The Morgan fingerprint density at radius 1 is 1.26 bits per heavy atom. The Bertz CT molecular complexity index is 843. The lowest BCUT2D eigenvalue weighted by Gasteiger charge is -2.60. The molecule has 5 nitrogen and oxygen atoms in total. The minimum absolute atomic E-state index is 0.00144. The number of aliphatic hydroxyl groups is 1. The number of pyridine rings is 2.